The Morgan fingerprint density at radius 2 is 2.10 bits per heavy atom. The van der Waals surface area contributed by atoms with E-state index < -0.39 is 0 Å². The van der Waals surface area contributed by atoms with E-state index in [0.29, 0.717) is 10.8 Å². The van der Waals surface area contributed by atoms with E-state index in [1.807, 2.05) is 30.3 Å². The van der Waals surface area contributed by atoms with Gasteiger partial charge < -0.3 is 5.43 Å². The number of rotatable bonds is 2. The van der Waals surface area contributed by atoms with Gasteiger partial charge in [-0.05, 0) is 11.8 Å². The molecular formula is C13H13N7S. The highest BCUT2D eigenvalue weighted by molar-refractivity contribution is 8.13. The zero-order valence-corrected chi connectivity index (χ0v) is 12.1. The molecule has 7 nitrogen and oxygen atoms in total. The SMILES string of the molecule is CN=C(NN)Sc1ncnc2n[nH]c(-c3ccccc3)c12. The Morgan fingerprint density at radius 1 is 1.29 bits per heavy atom. The van der Waals surface area contributed by atoms with Gasteiger partial charge in [-0.15, -0.1) is 0 Å². The maximum absolute atomic E-state index is 5.43. The van der Waals surface area contributed by atoms with Crippen LogP contribution in [0, 0.1) is 0 Å². The molecule has 0 atom stereocenters. The summed E-state index contributed by atoms with van der Waals surface area (Å²) in [5, 5.41) is 9.41. The van der Waals surface area contributed by atoms with Gasteiger partial charge in [0.05, 0.1) is 11.1 Å². The molecule has 8 heteroatoms. The molecule has 0 amide bonds. The highest BCUT2D eigenvalue weighted by atomic mass is 32.2. The van der Waals surface area contributed by atoms with Crippen LogP contribution in [0.1, 0.15) is 0 Å². The van der Waals surface area contributed by atoms with E-state index in [1.165, 1.54) is 18.1 Å². The Bertz CT molecular complexity index is 782. The average molecular weight is 299 g/mol. The predicted molar refractivity (Wildman–Crippen MR) is 83.7 cm³/mol. The van der Waals surface area contributed by atoms with Crippen molar-refractivity contribution in [1.82, 2.24) is 25.6 Å². The average Bonchev–Trinajstić information content (AvgIpc) is 2.98. The standard InChI is InChI=1S/C13H13N7S/c1-15-13(18-14)21-12-9-10(8-5-3-2-4-6-8)19-20-11(9)16-7-17-12/h2-7H,14H2,1H3,(H,15,18)(H,16,17,19,20). The third kappa shape index (κ3) is 2.58. The van der Waals surface area contributed by atoms with Gasteiger partial charge in [0.2, 0.25) is 0 Å². The lowest BCUT2D eigenvalue weighted by molar-refractivity contribution is 1.04. The van der Waals surface area contributed by atoms with E-state index in [0.717, 1.165) is 21.7 Å². The van der Waals surface area contributed by atoms with Crippen LogP contribution in [0.4, 0.5) is 0 Å². The van der Waals surface area contributed by atoms with Gasteiger partial charge in [-0.25, -0.2) is 15.8 Å². The van der Waals surface area contributed by atoms with Crippen molar-refractivity contribution in [1.29, 1.82) is 0 Å². The molecule has 1 aromatic carbocycles. The maximum Gasteiger partial charge on any atom is 0.185 e. The molecule has 0 saturated heterocycles. The Balaban J connectivity index is 2.15. The minimum absolute atomic E-state index is 0.565. The molecule has 0 bridgehead atoms. The molecule has 0 aliphatic carbocycles. The molecule has 0 aliphatic heterocycles. The summed E-state index contributed by atoms with van der Waals surface area (Å²) >= 11 is 1.33. The van der Waals surface area contributed by atoms with E-state index in [4.69, 9.17) is 5.84 Å². The van der Waals surface area contributed by atoms with Gasteiger partial charge >= 0.3 is 0 Å². The van der Waals surface area contributed by atoms with Crippen molar-refractivity contribution in [2.45, 2.75) is 5.03 Å². The molecule has 3 rings (SSSR count). The number of nitrogens with zero attached hydrogens (tertiary/aromatic N) is 4. The van der Waals surface area contributed by atoms with Crippen LogP contribution in [0.25, 0.3) is 22.3 Å². The molecule has 0 fully saturated rings. The monoisotopic (exact) mass is 299 g/mol. The Labute approximate surface area is 125 Å². The van der Waals surface area contributed by atoms with Crippen molar-refractivity contribution >= 4 is 28.0 Å². The second kappa shape index (κ2) is 5.90. The zero-order chi connectivity index (χ0) is 14.7. The van der Waals surface area contributed by atoms with Crippen LogP contribution in [0.2, 0.25) is 0 Å². The first-order valence-electron chi connectivity index (χ1n) is 6.19. The molecular weight excluding hydrogens is 286 g/mol. The van der Waals surface area contributed by atoms with E-state index >= 15 is 0 Å². The first-order chi connectivity index (χ1) is 10.3. The molecule has 106 valence electrons. The number of amidine groups is 1. The van der Waals surface area contributed by atoms with E-state index in [1.54, 1.807) is 7.05 Å². The van der Waals surface area contributed by atoms with Crippen LogP contribution >= 0.6 is 11.8 Å². The number of benzene rings is 1. The third-order valence-corrected chi connectivity index (χ3v) is 3.90. The number of fused-ring (bicyclic) bond motifs is 1. The largest absolute Gasteiger partial charge is 0.303 e. The summed E-state index contributed by atoms with van der Waals surface area (Å²) in [6, 6.07) is 9.92. The van der Waals surface area contributed by atoms with Gasteiger partial charge in [-0.3, -0.25) is 10.1 Å². The number of nitrogens with two attached hydrogens (primary N) is 1. The molecule has 0 radical (unpaired) electrons. The first kappa shape index (κ1) is 13.5. The molecule has 2 heterocycles. The normalized spacial score (nSPS) is 11.8. The smallest absolute Gasteiger partial charge is 0.185 e. The molecule has 0 unspecified atom stereocenters. The summed E-state index contributed by atoms with van der Waals surface area (Å²) in [4.78, 5) is 12.6. The lowest BCUT2D eigenvalue weighted by Gasteiger charge is -2.05. The number of thioether (sulfide) groups is 1. The number of aliphatic imine (C=N–C) groups is 1. The number of nitrogens with one attached hydrogen (secondary N) is 2. The van der Waals surface area contributed by atoms with Crippen molar-refractivity contribution in [3.05, 3.63) is 36.7 Å². The van der Waals surface area contributed by atoms with E-state index in [2.05, 4.69) is 30.6 Å². The van der Waals surface area contributed by atoms with Gasteiger partial charge in [0.1, 0.15) is 11.4 Å². The fourth-order valence-corrected chi connectivity index (χ4v) is 2.68. The van der Waals surface area contributed by atoms with Crippen molar-refractivity contribution < 1.29 is 0 Å². The Morgan fingerprint density at radius 3 is 2.81 bits per heavy atom. The summed E-state index contributed by atoms with van der Waals surface area (Å²) < 4.78 is 0. The lowest BCUT2D eigenvalue weighted by Crippen LogP contribution is -2.27. The van der Waals surface area contributed by atoms with Crippen molar-refractivity contribution in [2.24, 2.45) is 10.8 Å². The van der Waals surface area contributed by atoms with Gasteiger partial charge in [-0.1, -0.05) is 30.3 Å². The van der Waals surface area contributed by atoms with Gasteiger partial charge in [0, 0.05) is 12.6 Å². The van der Waals surface area contributed by atoms with Crippen LogP contribution < -0.4 is 11.3 Å². The van der Waals surface area contributed by atoms with Crippen LogP contribution in [0.5, 0.6) is 0 Å². The zero-order valence-electron chi connectivity index (χ0n) is 11.2. The topological polar surface area (TPSA) is 105 Å². The summed E-state index contributed by atoms with van der Waals surface area (Å²) in [6.45, 7) is 0. The number of hydrogen-bond acceptors (Lipinski definition) is 6. The molecule has 4 N–H and O–H groups in total. The minimum atomic E-state index is 0.565. The van der Waals surface area contributed by atoms with Crippen LogP contribution in [0.3, 0.4) is 0 Å². The number of aromatic amines is 1. The van der Waals surface area contributed by atoms with Gasteiger partial charge in [0.15, 0.2) is 10.8 Å². The molecule has 3 aromatic rings. The number of aromatic nitrogens is 4. The Kier molecular flexibility index (Phi) is 3.80. The summed E-state index contributed by atoms with van der Waals surface area (Å²) in [7, 11) is 1.66. The lowest BCUT2D eigenvalue weighted by atomic mass is 10.1. The summed E-state index contributed by atoms with van der Waals surface area (Å²) in [5.41, 5.74) is 5.05. The molecule has 0 saturated carbocycles. The molecule has 2 aromatic heterocycles. The van der Waals surface area contributed by atoms with Gasteiger partial charge in [-0.2, -0.15) is 5.10 Å². The van der Waals surface area contributed by atoms with Gasteiger partial charge in [0.25, 0.3) is 0 Å². The summed E-state index contributed by atoms with van der Waals surface area (Å²) in [5.74, 6) is 5.43. The van der Waals surface area contributed by atoms with Crippen LogP contribution in [-0.4, -0.2) is 32.4 Å². The van der Waals surface area contributed by atoms with Crippen LogP contribution in [0.15, 0.2) is 46.7 Å². The number of hydrazine groups is 1. The number of H-pyrrole nitrogens is 1. The second-order valence-corrected chi connectivity index (χ2v) is 5.09. The van der Waals surface area contributed by atoms with E-state index in [9.17, 15) is 0 Å². The predicted octanol–water partition coefficient (Wildman–Crippen LogP) is 1.56. The van der Waals surface area contributed by atoms with E-state index in [-0.39, 0.29) is 0 Å². The second-order valence-electron chi connectivity index (χ2n) is 4.12. The highest BCUT2D eigenvalue weighted by Crippen LogP contribution is 2.31. The van der Waals surface area contributed by atoms with Crippen molar-refractivity contribution in [2.75, 3.05) is 7.05 Å². The summed E-state index contributed by atoms with van der Waals surface area (Å²) in [6.07, 6.45) is 1.48. The first-order valence-corrected chi connectivity index (χ1v) is 7.01. The molecule has 0 spiro atoms. The third-order valence-electron chi connectivity index (χ3n) is 2.90. The van der Waals surface area contributed by atoms with Crippen LogP contribution in [-0.2, 0) is 0 Å². The fraction of sp³-hybridized carbons (Fsp3) is 0.0769. The fourth-order valence-electron chi connectivity index (χ4n) is 1.95. The quantitative estimate of drug-likeness (QED) is 0.166. The van der Waals surface area contributed by atoms with Crippen molar-refractivity contribution in [3.8, 4) is 11.3 Å². The minimum Gasteiger partial charge on any atom is -0.303 e. The Hall–Kier alpha value is -2.45. The molecule has 21 heavy (non-hydrogen) atoms. The maximum atomic E-state index is 5.43. The highest BCUT2D eigenvalue weighted by Gasteiger charge is 2.15. The number of hydrogen-bond donors (Lipinski definition) is 3. The van der Waals surface area contributed by atoms with Crippen molar-refractivity contribution in [3.63, 3.8) is 0 Å². The molecule has 0 aliphatic rings.